The van der Waals surface area contributed by atoms with E-state index in [1.807, 2.05) is 0 Å². The van der Waals surface area contributed by atoms with E-state index in [2.05, 4.69) is 11.7 Å². The molecule has 0 heterocycles. The van der Waals surface area contributed by atoms with Crippen molar-refractivity contribution in [1.82, 2.24) is 0 Å². The second kappa shape index (κ2) is 8.97. The number of hydrogen-bond acceptors (Lipinski definition) is 8. The lowest BCUT2D eigenvalue weighted by Crippen LogP contribution is -2.46. The Morgan fingerprint density at radius 2 is 1.50 bits per heavy atom. The number of carbonyl (C=O) groups excluding carboxylic acids is 1. The van der Waals surface area contributed by atoms with Crippen molar-refractivity contribution < 1.29 is 30.3 Å². The normalized spacial score (nSPS) is 18.5. The number of hydrogen-bond donors (Lipinski definition) is 7. The molecule has 0 bridgehead atoms. The Bertz CT molecular complexity index is 146. The lowest BCUT2D eigenvalue weighted by atomic mass is 10.0. The summed E-state index contributed by atoms with van der Waals surface area (Å²) in [5, 5.41) is 43.5. The standard InChI is InChI=1S/C6H12O6.H4N2/c7-1-3(9)5(11)6(12)4(10)2-8;1-2/h1,3-6,8-12H,2H2;1-2H2/t3-,4+,5+,6+;/m0./s1. The Hall–Kier alpha value is -0.610. The number of aldehydes is 1. The van der Waals surface area contributed by atoms with E-state index in [1.54, 1.807) is 0 Å². The van der Waals surface area contributed by atoms with Gasteiger partial charge in [0.05, 0.1) is 6.61 Å². The van der Waals surface area contributed by atoms with E-state index in [0.29, 0.717) is 0 Å². The minimum absolute atomic E-state index is 0.0258. The Morgan fingerprint density at radius 1 is 1.07 bits per heavy atom. The van der Waals surface area contributed by atoms with E-state index in [4.69, 9.17) is 25.5 Å². The molecule has 8 nitrogen and oxygen atoms in total. The van der Waals surface area contributed by atoms with Crippen molar-refractivity contribution in [3.8, 4) is 0 Å². The molecule has 8 heteroatoms. The van der Waals surface area contributed by atoms with Crippen molar-refractivity contribution in [1.29, 1.82) is 0 Å². The summed E-state index contributed by atoms with van der Waals surface area (Å²) < 4.78 is 0. The summed E-state index contributed by atoms with van der Waals surface area (Å²) in [6.07, 6.45) is -6.84. The summed E-state index contributed by atoms with van der Waals surface area (Å²) in [4.78, 5) is 9.90. The van der Waals surface area contributed by atoms with Gasteiger partial charge in [-0.2, -0.15) is 0 Å². The minimum Gasteiger partial charge on any atom is -0.394 e. The average Bonchev–Trinajstić information content (AvgIpc) is 2.27. The molecule has 14 heavy (non-hydrogen) atoms. The molecule has 0 aliphatic rings. The average molecular weight is 212 g/mol. The van der Waals surface area contributed by atoms with Crippen molar-refractivity contribution in [3.63, 3.8) is 0 Å². The fraction of sp³-hybridized carbons (Fsp3) is 0.833. The van der Waals surface area contributed by atoms with Gasteiger partial charge in [0.2, 0.25) is 0 Å². The third kappa shape index (κ3) is 5.19. The van der Waals surface area contributed by atoms with Gasteiger partial charge in [-0.3, -0.25) is 11.7 Å². The van der Waals surface area contributed by atoms with E-state index in [9.17, 15) is 4.79 Å². The van der Waals surface area contributed by atoms with Crippen LogP contribution in [0.4, 0.5) is 0 Å². The van der Waals surface area contributed by atoms with Gasteiger partial charge in [-0.15, -0.1) is 0 Å². The molecular weight excluding hydrogens is 196 g/mol. The smallest absolute Gasteiger partial charge is 0.151 e. The molecule has 86 valence electrons. The molecule has 0 fully saturated rings. The zero-order valence-corrected chi connectivity index (χ0v) is 7.39. The van der Waals surface area contributed by atoms with Crippen LogP contribution in [0.2, 0.25) is 0 Å². The Balaban J connectivity index is 0. The summed E-state index contributed by atoms with van der Waals surface area (Å²) in [5.41, 5.74) is 0. The first-order chi connectivity index (χ1) is 6.54. The van der Waals surface area contributed by atoms with Crippen LogP contribution in [0.25, 0.3) is 0 Å². The van der Waals surface area contributed by atoms with E-state index in [1.165, 1.54) is 0 Å². The minimum atomic E-state index is -1.79. The Kier molecular flexibility index (Phi) is 10.1. The van der Waals surface area contributed by atoms with Gasteiger partial charge >= 0.3 is 0 Å². The molecule has 0 aromatic rings. The summed E-state index contributed by atoms with van der Waals surface area (Å²) in [6.45, 7) is -0.760. The number of aliphatic hydroxyl groups excluding tert-OH is 5. The molecule has 0 spiro atoms. The molecule has 0 saturated heterocycles. The first kappa shape index (κ1) is 15.8. The fourth-order valence-electron chi connectivity index (χ4n) is 0.618. The zero-order chi connectivity index (χ0) is 11.7. The molecule has 0 aliphatic heterocycles. The molecule has 0 amide bonds. The lowest BCUT2D eigenvalue weighted by Gasteiger charge is -2.22. The fourth-order valence-corrected chi connectivity index (χ4v) is 0.618. The van der Waals surface area contributed by atoms with Crippen LogP contribution in [0.3, 0.4) is 0 Å². The molecular formula is C6H16N2O6. The van der Waals surface area contributed by atoms with Gasteiger partial charge in [-0.05, 0) is 0 Å². The zero-order valence-electron chi connectivity index (χ0n) is 7.39. The van der Waals surface area contributed by atoms with Gasteiger partial charge < -0.3 is 30.3 Å². The largest absolute Gasteiger partial charge is 0.394 e. The molecule has 9 N–H and O–H groups in total. The SMILES string of the molecule is NN.O=C[C@H](O)[C@@H](O)[C@H](O)[C@H](O)CO. The third-order valence-electron chi connectivity index (χ3n) is 1.42. The molecule has 0 unspecified atom stereocenters. The molecule has 0 aromatic carbocycles. The van der Waals surface area contributed by atoms with E-state index >= 15 is 0 Å². The summed E-state index contributed by atoms with van der Waals surface area (Å²) in [5.74, 6) is 8.00. The van der Waals surface area contributed by atoms with Crippen LogP contribution in [0, 0.1) is 0 Å². The summed E-state index contributed by atoms with van der Waals surface area (Å²) in [7, 11) is 0. The number of aliphatic hydroxyl groups is 5. The van der Waals surface area contributed by atoms with Gasteiger partial charge in [0.25, 0.3) is 0 Å². The lowest BCUT2D eigenvalue weighted by molar-refractivity contribution is -0.136. The van der Waals surface area contributed by atoms with Crippen molar-refractivity contribution >= 4 is 6.29 Å². The van der Waals surface area contributed by atoms with Gasteiger partial charge in [-0.1, -0.05) is 0 Å². The van der Waals surface area contributed by atoms with E-state index in [0.717, 1.165) is 0 Å². The van der Waals surface area contributed by atoms with Crippen molar-refractivity contribution in [2.24, 2.45) is 11.7 Å². The highest BCUT2D eigenvalue weighted by Crippen LogP contribution is 2.02. The van der Waals surface area contributed by atoms with Crippen LogP contribution >= 0.6 is 0 Å². The molecule has 4 atom stereocenters. The van der Waals surface area contributed by atoms with E-state index < -0.39 is 31.0 Å². The second-order valence-electron chi connectivity index (χ2n) is 2.36. The highest BCUT2D eigenvalue weighted by Gasteiger charge is 2.29. The molecule has 0 aromatic heterocycles. The first-order valence-electron chi connectivity index (χ1n) is 3.66. The first-order valence-corrected chi connectivity index (χ1v) is 3.66. The Morgan fingerprint density at radius 3 is 1.79 bits per heavy atom. The molecule has 0 rings (SSSR count). The number of nitrogens with two attached hydrogens (primary N) is 2. The maximum atomic E-state index is 9.90. The molecule has 0 radical (unpaired) electrons. The number of carbonyl (C=O) groups is 1. The van der Waals surface area contributed by atoms with Crippen LogP contribution < -0.4 is 11.7 Å². The van der Waals surface area contributed by atoms with Crippen LogP contribution in [-0.4, -0.2) is 62.8 Å². The molecule has 0 saturated carbocycles. The maximum Gasteiger partial charge on any atom is 0.151 e. The van der Waals surface area contributed by atoms with Crippen LogP contribution in [-0.2, 0) is 4.79 Å². The predicted octanol–water partition coefficient (Wildman–Crippen LogP) is -4.56. The van der Waals surface area contributed by atoms with Gasteiger partial charge in [0.1, 0.15) is 24.4 Å². The quantitative estimate of drug-likeness (QED) is 0.136. The van der Waals surface area contributed by atoms with Crippen molar-refractivity contribution in [2.75, 3.05) is 6.61 Å². The van der Waals surface area contributed by atoms with Gasteiger partial charge in [0, 0.05) is 0 Å². The topological polar surface area (TPSA) is 170 Å². The van der Waals surface area contributed by atoms with Gasteiger partial charge in [0.15, 0.2) is 6.29 Å². The predicted molar refractivity (Wildman–Crippen MR) is 45.6 cm³/mol. The monoisotopic (exact) mass is 212 g/mol. The van der Waals surface area contributed by atoms with Crippen molar-refractivity contribution in [3.05, 3.63) is 0 Å². The third-order valence-corrected chi connectivity index (χ3v) is 1.42. The van der Waals surface area contributed by atoms with E-state index in [-0.39, 0.29) is 6.29 Å². The highest BCUT2D eigenvalue weighted by molar-refractivity contribution is 5.56. The summed E-state index contributed by atoms with van der Waals surface area (Å²) in [6, 6.07) is 0. The number of rotatable bonds is 5. The number of hydrazine groups is 1. The maximum absolute atomic E-state index is 9.90. The van der Waals surface area contributed by atoms with Gasteiger partial charge in [-0.25, -0.2) is 0 Å². The van der Waals surface area contributed by atoms with Crippen LogP contribution in [0.5, 0.6) is 0 Å². The highest BCUT2D eigenvalue weighted by atomic mass is 16.4. The molecule has 0 aliphatic carbocycles. The van der Waals surface area contributed by atoms with Crippen LogP contribution in [0.15, 0.2) is 0 Å². The van der Waals surface area contributed by atoms with Crippen LogP contribution in [0.1, 0.15) is 0 Å². The Labute approximate surface area is 80.4 Å². The second-order valence-corrected chi connectivity index (χ2v) is 2.36. The van der Waals surface area contributed by atoms with Crippen molar-refractivity contribution in [2.45, 2.75) is 24.4 Å². The summed E-state index contributed by atoms with van der Waals surface area (Å²) >= 11 is 0.